The Balaban J connectivity index is 1.32. The highest BCUT2D eigenvalue weighted by Crippen LogP contribution is 2.26. The van der Waals surface area contributed by atoms with Crippen LogP contribution >= 0.6 is 0 Å². The van der Waals surface area contributed by atoms with Crippen LogP contribution in [0.5, 0.6) is 11.5 Å². The SMILES string of the molecule is CCOc1ccc(S(=O)(=O)N(C)c2ccc(OCC(=O)Nc3cccc(S(=O)(=O)NCc4ccco4)c3)cc2)cc1. The molecule has 0 saturated carbocycles. The van der Waals surface area contributed by atoms with Gasteiger partial charge in [0.15, 0.2) is 6.61 Å². The van der Waals surface area contributed by atoms with Gasteiger partial charge in [0.25, 0.3) is 15.9 Å². The van der Waals surface area contributed by atoms with Crippen LogP contribution in [0.25, 0.3) is 0 Å². The zero-order valence-corrected chi connectivity index (χ0v) is 23.9. The van der Waals surface area contributed by atoms with Gasteiger partial charge < -0.3 is 19.2 Å². The number of furan rings is 1. The average Bonchev–Trinajstić information content (AvgIpc) is 3.50. The van der Waals surface area contributed by atoms with Crippen LogP contribution in [0.2, 0.25) is 0 Å². The molecule has 1 heterocycles. The number of hydrogen-bond acceptors (Lipinski definition) is 8. The number of nitrogens with one attached hydrogen (secondary N) is 2. The van der Waals surface area contributed by atoms with E-state index in [9.17, 15) is 21.6 Å². The lowest BCUT2D eigenvalue weighted by Crippen LogP contribution is -2.26. The first-order valence-corrected chi connectivity index (χ1v) is 15.4. The summed E-state index contributed by atoms with van der Waals surface area (Å²) in [5, 5.41) is 2.60. The predicted octanol–water partition coefficient (Wildman–Crippen LogP) is 4.00. The topological polar surface area (TPSA) is 144 Å². The quantitative estimate of drug-likeness (QED) is 0.235. The van der Waals surface area contributed by atoms with Crippen molar-refractivity contribution in [2.24, 2.45) is 0 Å². The van der Waals surface area contributed by atoms with Gasteiger partial charge in [0.05, 0.1) is 34.9 Å². The number of rotatable bonds is 13. The summed E-state index contributed by atoms with van der Waals surface area (Å²) in [4.78, 5) is 12.5. The van der Waals surface area contributed by atoms with Gasteiger partial charge in [0.2, 0.25) is 10.0 Å². The molecule has 1 amide bonds. The summed E-state index contributed by atoms with van der Waals surface area (Å²) >= 11 is 0. The molecule has 13 heteroatoms. The van der Waals surface area contributed by atoms with E-state index in [0.29, 0.717) is 29.6 Å². The zero-order valence-electron chi connectivity index (χ0n) is 22.3. The monoisotopic (exact) mass is 599 g/mol. The van der Waals surface area contributed by atoms with Crippen LogP contribution in [0, 0.1) is 0 Å². The summed E-state index contributed by atoms with van der Waals surface area (Å²) in [6.45, 7) is 1.95. The molecule has 216 valence electrons. The molecule has 0 saturated heterocycles. The van der Waals surface area contributed by atoms with Crippen molar-refractivity contribution in [2.45, 2.75) is 23.3 Å². The highest BCUT2D eigenvalue weighted by molar-refractivity contribution is 7.92. The largest absolute Gasteiger partial charge is 0.494 e. The van der Waals surface area contributed by atoms with E-state index in [1.54, 1.807) is 54.6 Å². The summed E-state index contributed by atoms with van der Waals surface area (Å²) in [5.74, 6) is 0.871. The van der Waals surface area contributed by atoms with Crippen molar-refractivity contribution in [1.82, 2.24) is 4.72 Å². The van der Waals surface area contributed by atoms with Crippen molar-refractivity contribution in [2.75, 3.05) is 29.9 Å². The molecule has 3 aromatic carbocycles. The number of nitrogens with zero attached hydrogens (tertiary/aromatic N) is 1. The van der Waals surface area contributed by atoms with Crippen LogP contribution in [0.4, 0.5) is 11.4 Å². The van der Waals surface area contributed by atoms with Gasteiger partial charge in [-0.3, -0.25) is 9.10 Å². The van der Waals surface area contributed by atoms with E-state index < -0.39 is 26.0 Å². The third-order valence-corrected chi connectivity index (χ3v) is 9.01. The van der Waals surface area contributed by atoms with Crippen LogP contribution in [0.1, 0.15) is 12.7 Å². The third kappa shape index (κ3) is 7.66. The van der Waals surface area contributed by atoms with Crippen molar-refractivity contribution >= 4 is 37.3 Å². The third-order valence-electron chi connectivity index (χ3n) is 5.81. The Labute approximate surface area is 238 Å². The van der Waals surface area contributed by atoms with Crippen LogP contribution in [-0.4, -0.2) is 43.0 Å². The Morgan fingerprint density at radius 2 is 1.54 bits per heavy atom. The molecule has 0 aliphatic carbocycles. The number of sulfonamides is 2. The van der Waals surface area contributed by atoms with E-state index in [1.807, 2.05) is 6.92 Å². The maximum atomic E-state index is 13.0. The molecule has 0 radical (unpaired) electrons. The van der Waals surface area contributed by atoms with Gasteiger partial charge >= 0.3 is 0 Å². The molecule has 0 fully saturated rings. The molecule has 0 atom stereocenters. The summed E-state index contributed by atoms with van der Waals surface area (Å²) in [6, 6.07) is 21.5. The minimum Gasteiger partial charge on any atom is -0.494 e. The maximum Gasteiger partial charge on any atom is 0.264 e. The lowest BCUT2D eigenvalue weighted by atomic mass is 10.3. The highest BCUT2D eigenvalue weighted by Gasteiger charge is 2.21. The number of anilines is 2. The number of carbonyl (C=O) groups excluding carboxylic acids is 1. The van der Waals surface area contributed by atoms with E-state index in [2.05, 4.69) is 10.0 Å². The van der Waals surface area contributed by atoms with Crippen LogP contribution in [0.3, 0.4) is 0 Å². The second kappa shape index (κ2) is 12.9. The molecule has 2 N–H and O–H groups in total. The highest BCUT2D eigenvalue weighted by atomic mass is 32.2. The van der Waals surface area contributed by atoms with E-state index >= 15 is 0 Å². The lowest BCUT2D eigenvalue weighted by Gasteiger charge is -2.20. The first-order valence-electron chi connectivity index (χ1n) is 12.4. The molecule has 0 aliphatic heterocycles. The molecule has 0 bridgehead atoms. The minimum atomic E-state index is -3.84. The first kappa shape index (κ1) is 29.6. The van der Waals surface area contributed by atoms with Gasteiger partial charge in [-0.05, 0) is 85.8 Å². The van der Waals surface area contributed by atoms with Gasteiger partial charge in [-0.15, -0.1) is 0 Å². The smallest absolute Gasteiger partial charge is 0.264 e. The van der Waals surface area contributed by atoms with Crippen molar-refractivity contribution in [1.29, 1.82) is 0 Å². The van der Waals surface area contributed by atoms with Crippen LogP contribution in [-0.2, 0) is 31.4 Å². The summed E-state index contributed by atoms with van der Waals surface area (Å²) in [7, 11) is -6.20. The Morgan fingerprint density at radius 3 is 2.20 bits per heavy atom. The molecule has 0 spiro atoms. The summed E-state index contributed by atoms with van der Waals surface area (Å²) < 4.78 is 70.8. The number of benzene rings is 3. The van der Waals surface area contributed by atoms with Gasteiger partial charge in [0.1, 0.15) is 17.3 Å². The molecule has 1 aromatic heterocycles. The Kier molecular flexibility index (Phi) is 9.32. The fourth-order valence-corrected chi connectivity index (χ4v) is 5.91. The van der Waals surface area contributed by atoms with Crippen molar-refractivity contribution < 1.29 is 35.5 Å². The molecule has 41 heavy (non-hydrogen) atoms. The number of hydrogen-bond donors (Lipinski definition) is 2. The fraction of sp³-hybridized carbons (Fsp3) is 0.179. The Hall–Kier alpha value is -4.33. The van der Waals surface area contributed by atoms with E-state index in [1.165, 1.54) is 43.6 Å². The lowest BCUT2D eigenvalue weighted by molar-refractivity contribution is -0.118. The molecule has 4 rings (SSSR count). The van der Waals surface area contributed by atoms with Crippen molar-refractivity contribution in [3.63, 3.8) is 0 Å². The molecule has 0 unspecified atom stereocenters. The van der Waals surface area contributed by atoms with E-state index in [4.69, 9.17) is 13.9 Å². The van der Waals surface area contributed by atoms with Gasteiger partial charge in [-0.25, -0.2) is 21.6 Å². The normalized spacial score (nSPS) is 11.6. The van der Waals surface area contributed by atoms with E-state index in [-0.39, 0.29) is 28.6 Å². The molecular weight excluding hydrogens is 570 g/mol. The van der Waals surface area contributed by atoms with Crippen LogP contribution < -0.4 is 23.8 Å². The summed E-state index contributed by atoms with van der Waals surface area (Å²) in [6.07, 6.45) is 1.45. The molecule has 11 nitrogen and oxygen atoms in total. The molecule has 0 aliphatic rings. The second-order valence-corrected chi connectivity index (χ2v) is 12.4. The number of amides is 1. The average molecular weight is 600 g/mol. The zero-order chi connectivity index (χ0) is 29.5. The standard InChI is InChI=1S/C28H29N3O8S2/c1-3-37-23-13-15-26(16-14-23)41(35,36)31(2)22-9-11-24(12-10-22)39-20-28(32)30-21-6-4-8-27(18-21)40(33,34)29-19-25-7-5-17-38-25/h4-18,29H,3,19-20H2,1-2H3,(H,30,32). The molecule has 4 aromatic rings. The first-order chi connectivity index (χ1) is 19.6. The minimum absolute atomic E-state index is 0.0121. The molecular formula is C28H29N3O8S2. The van der Waals surface area contributed by atoms with Crippen LogP contribution in [0.15, 0.2) is 105 Å². The Bertz CT molecular complexity index is 1670. The fourth-order valence-electron chi connectivity index (χ4n) is 3.67. The van der Waals surface area contributed by atoms with Gasteiger partial charge in [-0.2, -0.15) is 0 Å². The van der Waals surface area contributed by atoms with Gasteiger partial charge in [0, 0.05) is 12.7 Å². The van der Waals surface area contributed by atoms with Gasteiger partial charge in [-0.1, -0.05) is 6.07 Å². The van der Waals surface area contributed by atoms with Crippen molar-refractivity contribution in [3.05, 3.63) is 97.0 Å². The second-order valence-electron chi connectivity index (χ2n) is 8.64. The maximum absolute atomic E-state index is 13.0. The van der Waals surface area contributed by atoms with E-state index in [0.717, 1.165) is 4.31 Å². The number of carbonyl (C=O) groups is 1. The predicted molar refractivity (Wildman–Crippen MR) is 153 cm³/mol. The summed E-state index contributed by atoms with van der Waals surface area (Å²) in [5.41, 5.74) is 0.672. The van der Waals surface area contributed by atoms with Crippen molar-refractivity contribution in [3.8, 4) is 11.5 Å². The number of ether oxygens (including phenoxy) is 2. The Morgan fingerprint density at radius 1 is 0.854 bits per heavy atom.